The summed E-state index contributed by atoms with van der Waals surface area (Å²) in [5, 5.41) is 14.0. The van der Waals surface area contributed by atoms with Gasteiger partial charge in [-0.25, -0.2) is 8.42 Å². The van der Waals surface area contributed by atoms with Crippen molar-refractivity contribution in [1.29, 1.82) is 0 Å². The summed E-state index contributed by atoms with van der Waals surface area (Å²) in [5.74, 6) is 0.450. The molecule has 35 heavy (non-hydrogen) atoms. The Morgan fingerprint density at radius 2 is 1.83 bits per heavy atom. The van der Waals surface area contributed by atoms with E-state index in [0.717, 1.165) is 5.56 Å². The van der Waals surface area contributed by atoms with Crippen LogP contribution in [0.2, 0.25) is 0 Å². The van der Waals surface area contributed by atoms with Crippen LogP contribution in [0.1, 0.15) is 19.4 Å². The number of sulfonamides is 1. The molecule has 1 aliphatic heterocycles. The summed E-state index contributed by atoms with van der Waals surface area (Å²) < 4.78 is 39.0. The van der Waals surface area contributed by atoms with E-state index in [1.165, 1.54) is 23.5 Å². The molecule has 2 atom stereocenters. The summed E-state index contributed by atoms with van der Waals surface area (Å²) in [7, 11) is -2.57. The third kappa shape index (κ3) is 7.39. The van der Waals surface area contributed by atoms with Crippen molar-refractivity contribution < 1.29 is 32.6 Å². The molecule has 1 amide bonds. The minimum Gasteiger partial charge on any atom is -0.454 e. The van der Waals surface area contributed by atoms with Crippen LogP contribution >= 0.6 is 0 Å². The van der Waals surface area contributed by atoms with Gasteiger partial charge in [0.15, 0.2) is 11.5 Å². The molecule has 0 bridgehead atoms. The Bertz CT molecular complexity index is 1080. The maximum Gasteiger partial charge on any atom is 0.243 e. The lowest BCUT2D eigenvalue weighted by Gasteiger charge is -2.30. The first-order valence-electron chi connectivity index (χ1n) is 11.4. The van der Waals surface area contributed by atoms with Crippen molar-refractivity contribution in [3.05, 3.63) is 54.1 Å². The van der Waals surface area contributed by atoms with E-state index in [1.807, 2.05) is 44.2 Å². The van der Waals surface area contributed by atoms with Crippen LogP contribution in [0.4, 0.5) is 0 Å². The molecule has 1 heterocycles. The molecule has 3 rings (SSSR count). The highest BCUT2D eigenvalue weighted by Crippen LogP contribution is 2.34. The molecule has 2 aromatic carbocycles. The van der Waals surface area contributed by atoms with Crippen LogP contribution in [-0.4, -0.2) is 69.4 Å². The van der Waals surface area contributed by atoms with Crippen molar-refractivity contribution in [2.24, 2.45) is 5.92 Å². The minimum absolute atomic E-state index is 0.000877. The average molecular weight is 508 g/mol. The van der Waals surface area contributed by atoms with Gasteiger partial charge in [-0.05, 0) is 30.0 Å². The van der Waals surface area contributed by atoms with Gasteiger partial charge in [0, 0.05) is 19.2 Å². The number of nitrogens with one attached hydrogen (secondary N) is 2. The molecule has 0 saturated carbocycles. The second-order valence-corrected chi connectivity index (χ2v) is 10.6. The fraction of sp³-hybridized carbons (Fsp3) is 0.458. The van der Waals surface area contributed by atoms with Gasteiger partial charge >= 0.3 is 0 Å². The Kier molecular flexibility index (Phi) is 9.47. The zero-order valence-corrected chi connectivity index (χ0v) is 21.0. The molecule has 0 saturated heterocycles. The van der Waals surface area contributed by atoms with Crippen molar-refractivity contribution >= 4 is 15.9 Å². The second kappa shape index (κ2) is 12.3. The van der Waals surface area contributed by atoms with Crippen molar-refractivity contribution in [2.75, 3.05) is 33.5 Å². The number of hydrogen-bond donors (Lipinski definition) is 3. The number of hydroxylamine groups is 1. The summed E-state index contributed by atoms with van der Waals surface area (Å²) >= 11 is 0. The van der Waals surface area contributed by atoms with Gasteiger partial charge in [0.25, 0.3) is 0 Å². The number of aliphatic hydroxyl groups excluding tert-OH is 1. The van der Waals surface area contributed by atoms with Crippen LogP contribution in [0.15, 0.2) is 53.4 Å². The Morgan fingerprint density at radius 3 is 2.51 bits per heavy atom. The van der Waals surface area contributed by atoms with E-state index in [0.29, 0.717) is 17.9 Å². The van der Waals surface area contributed by atoms with Gasteiger partial charge in [-0.15, -0.1) is 0 Å². The van der Waals surface area contributed by atoms with Gasteiger partial charge in [0.05, 0.1) is 30.7 Å². The molecule has 0 radical (unpaired) electrons. The number of hydrogen-bond acceptors (Lipinski definition) is 8. The average Bonchev–Trinajstić information content (AvgIpc) is 3.30. The van der Waals surface area contributed by atoms with E-state index in [2.05, 4.69) is 10.8 Å². The molecule has 192 valence electrons. The molecule has 3 N–H and O–H groups in total. The van der Waals surface area contributed by atoms with E-state index in [9.17, 15) is 18.3 Å². The molecule has 0 unspecified atom stereocenters. The van der Waals surface area contributed by atoms with Crippen LogP contribution in [0, 0.1) is 5.92 Å². The Labute approximate surface area is 206 Å². The molecule has 2 aromatic rings. The van der Waals surface area contributed by atoms with Gasteiger partial charge in [0.1, 0.15) is 0 Å². The summed E-state index contributed by atoms with van der Waals surface area (Å²) in [6.07, 6.45) is -0.857. The lowest BCUT2D eigenvalue weighted by Crippen LogP contribution is -2.52. The Balaban J connectivity index is 1.83. The van der Waals surface area contributed by atoms with Crippen molar-refractivity contribution in [3.8, 4) is 11.5 Å². The molecular formula is C24H33N3O7S. The number of carbonyl (C=O) groups is 1. The van der Waals surface area contributed by atoms with Gasteiger partial charge in [-0.2, -0.15) is 9.79 Å². The molecule has 0 aliphatic carbocycles. The quantitative estimate of drug-likeness (QED) is 0.347. The third-order valence-corrected chi connectivity index (χ3v) is 7.26. The number of nitrogens with zero attached hydrogens (tertiary/aromatic N) is 1. The van der Waals surface area contributed by atoms with Crippen molar-refractivity contribution in [1.82, 2.24) is 15.1 Å². The molecule has 0 aromatic heterocycles. The molecule has 11 heteroatoms. The second-order valence-electron chi connectivity index (χ2n) is 8.69. The highest BCUT2D eigenvalue weighted by molar-refractivity contribution is 7.89. The van der Waals surface area contributed by atoms with Crippen LogP contribution in [-0.2, 0) is 26.1 Å². The summed E-state index contributed by atoms with van der Waals surface area (Å²) in [6, 6.07) is 13.1. The van der Waals surface area contributed by atoms with Crippen LogP contribution in [0.25, 0.3) is 0 Å². The van der Waals surface area contributed by atoms with E-state index < -0.39 is 22.2 Å². The number of aliphatic hydroxyl groups is 1. The van der Waals surface area contributed by atoms with E-state index in [4.69, 9.17) is 14.3 Å². The number of amides is 1. The molecule has 0 fully saturated rings. The smallest absolute Gasteiger partial charge is 0.243 e. The summed E-state index contributed by atoms with van der Waals surface area (Å²) in [5.41, 5.74) is 3.36. The Morgan fingerprint density at radius 1 is 1.11 bits per heavy atom. The first-order valence-corrected chi connectivity index (χ1v) is 12.8. The highest BCUT2D eigenvalue weighted by Gasteiger charge is 2.32. The first kappa shape index (κ1) is 26.9. The van der Waals surface area contributed by atoms with Gasteiger partial charge < -0.3 is 24.7 Å². The van der Waals surface area contributed by atoms with Crippen LogP contribution in [0.3, 0.4) is 0 Å². The zero-order chi connectivity index (χ0) is 25.4. The van der Waals surface area contributed by atoms with E-state index in [-0.39, 0.29) is 43.1 Å². The lowest BCUT2D eigenvalue weighted by molar-refractivity contribution is -0.123. The SMILES string of the molecule is CONCC(=O)N[C@@H](Cc1ccccc1)[C@H](O)CN(CC(C)C)S(=O)(=O)c1ccc2c(c1)OCO2. The van der Waals surface area contributed by atoms with Crippen molar-refractivity contribution in [2.45, 2.75) is 37.3 Å². The normalized spacial score (nSPS) is 14.8. The highest BCUT2D eigenvalue weighted by atomic mass is 32.2. The van der Waals surface area contributed by atoms with Crippen LogP contribution in [0.5, 0.6) is 11.5 Å². The number of carbonyl (C=O) groups excluding carboxylic acids is 1. The van der Waals surface area contributed by atoms with Crippen molar-refractivity contribution in [3.63, 3.8) is 0 Å². The summed E-state index contributed by atoms with van der Waals surface area (Å²) in [6.45, 7) is 3.70. The standard InChI is InChI=1S/C24H33N3O7S/c1-17(2)14-27(35(30,31)19-9-10-22-23(12-19)34-16-33-22)15-21(28)20(26-24(29)13-25-32-3)11-18-7-5-4-6-8-18/h4-10,12,17,20-21,25,28H,11,13-16H2,1-3H3,(H,26,29)/t20-,21+/m0/s1. The number of ether oxygens (including phenoxy) is 2. The first-order chi connectivity index (χ1) is 16.7. The number of fused-ring (bicyclic) bond motifs is 1. The fourth-order valence-corrected chi connectivity index (χ4v) is 5.38. The molecule has 10 nitrogen and oxygen atoms in total. The number of benzene rings is 2. The topological polar surface area (TPSA) is 126 Å². The third-order valence-electron chi connectivity index (χ3n) is 5.43. The Hall–Kier alpha value is -2.70. The monoisotopic (exact) mass is 507 g/mol. The number of rotatable bonds is 13. The maximum absolute atomic E-state index is 13.6. The summed E-state index contributed by atoms with van der Waals surface area (Å²) in [4.78, 5) is 17.1. The van der Waals surface area contributed by atoms with Gasteiger partial charge in [-0.1, -0.05) is 44.2 Å². The molecule has 1 aliphatic rings. The van der Waals surface area contributed by atoms with Crippen LogP contribution < -0.4 is 20.3 Å². The fourth-order valence-electron chi connectivity index (χ4n) is 3.75. The van der Waals surface area contributed by atoms with E-state index >= 15 is 0 Å². The van der Waals surface area contributed by atoms with Gasteiger partial charge in [0.2, 0.25) is 22.7 Å². The predicted molar refractivity (Wildman–Crippen MR) is 129 cm³/mol. The minimum atomic E-state index is -3.97. The predicted octanol–water partition coefficient (Wildman–Crippen LogP) is 1.30. The molecular weight excluding hydrogens is 474 g/mol. The largest absolute Gasteiger partial charge is 0.454 e. The van der Waals surface area contributed by atoms with E-state index in [1.54, 1.807) is 6.07 Å². The maximum atomic E-state index is 13.6. The zero-order valence-electron chi connectivity index (χ0n) is 20.1. The lowest BCUT2D eigenvalue weighted by atomic mass is 10.0. The molecule has 0 spiro atoms. The van der Waals surface area contributed by atoms with Gasteiger partial charge in [-0.3, -0.25) is 4.79 Å².